The molecule has 26 heavy (non-hydrogen) atoms. The van der Waals surface area contributed by atoms with E-state index < -0.39 is 0 Å². The van der Waals surface area contributed by atoms with Crippen molar-refractivity contribution in [2.75, 3.05) is 17.9 Å². The highest BCUT2D eigenvalue weighted by atomic mass is 35.5. The molecule has 0 saturated carbocycles. The number of nitrogens with one attached hydrogen (secondary N) is 2. The summed E-state index contributed by atoms with van der Waals surface area (Å²) in [6.45, 7) is 3.80. The third-order valence-electron chi connectivity index (χ3n) is 3.29. The number of halogens is 1. The van der Waals surface area contributed by atoms with E-state index in [0.717, 1.165) is 22.8 Å². The van der Waals surface area contributed by atoms with E-state index in [4.69, 9.17) is 16.3 Å². The Bertz CT molecular complexity index is 923. The molecule has 0 aliphatic carbocycles. The molecule has 7 nitrogen and oxygen atoms in total. The van der Waals surface area contributed by atoms with Gasteiger partial charge < -0.3 is 10.1 Å². The van der Waals surface area contributed by atoms with Crippen molar-refractivity contribution >= 4 is 45.9 Å². The molecule has 0 bridgehead atoms. The molecule has 0 aliphatic rings. The summed E-state index contributed by atoms with van der Waals surface area (Å²) < 4.78 is 5.32. The zero-order valence-electron chi connectivity index (χ0n) is 14.4. The lowest BCUT2D eigenvalue weighted by Gasteiger charge is -2.07. The van der Waals surface area contributed by atoms with Gasteiger partial charge in [-0.2, -0.15) is 5.10 Å². The summed E-state index contributed by atoms with van der Waals surface area (Å²) >= 11 is 7.57. The predicted molar refractivity (Wildman–Crippen MR) is 106 cm³/mol. The number of methoxy groups -OCH3 is 1. The van der Waals surface area contributed by atoms with Gasteiger partial charge in [0.25, 0.3) is 0 Å². The van der Waals surface area contributed by atoms with Gasteiger partial charge in [-0.1, -0.05) is 35.1 Å². The van der Waals surface area contributed by atoms with Crippen LogP contribution in [0.25, 0.3) is 0 Å². The number of hydrogen-bond donors (Lipinski definition) is 2. The number of rotatable bonds is 6. The minimum Gasteiger partial charge on any atom is -0.495 e. The van der Waals surface area contributed by atoms with E-state index in [2.05, 4.69) is 30.8 Å². The fourth-order valence-electron chi connectivity index (χ4n) is 2.23. The summed E-state index contributed by atoms with van der Waals surface area (Å²) in [5, 5.41) is 8.34. The van der Waals surface area contributed by atoms with Gasteiger partial charge in [0.1, 0.15) is 5.75 Å². The van der Waals surface area contributed by atoms with Crippen LogP contribution in [0.2, 0.25) is 5.15 Å². The van der Waals surface area contributed by atoms with E-state index in [-0.39, 0.29) is 0 Å². The van der Waals surface area contributed by atoms with E-state index >= 15 is 0 Å². The lowest BCUT2D eigenvalue weighted by Crippen LogP contribution is -1.99. The molecule has 0 atom stereocenters. The van der Waals surface area contributed by atoms with Crippen LogP contribution in [0.5, 0.6) is 5.75 Å². The normalized spacial score (nSPS) is 10.9. The number of para-hydroxylation sites is 2. The summed E-state index contributed by atoms with van der Waals surface area (Å²) in [5.74, 6) is 1.16. The topological polar surface area (TPSA) is 84.3 Å². The second-order valence-electron chi connectivity index (χ2n) is 5.34. The zero-order chi connectivity index (χ0) is 18.5. The zero-order valence-corrected chi connectivity index (χ0v) is 16.0. The molecule has 2 aromatic heterocycles. The van der Waals surface area contributed by atoms with Crippen LogP contribution in [0, 0.1) is 13.8 Å². The number of hydrazone groups is 1. The summed E-state index contributed by atoms with van der Waals surface area (Å²) in [6.07, 6.45) is 1.59. The summed E-state index contributed by atoms with van der Waals surface area (Å²) in [5.41, 5.74) is 5.36. The molecule has 0 fully saturated rings. The highest BCUT2D eigenvalue weighted by Gasteiger charge is 2.10. The number of anilines is 3. The maximum atomic E-state index is 6.19. The molecule has 2 heterocycles. The second-order valence-corrected chi connectivity index (χ2v) is 6.73. The Hall–Kier alpha value is -2.71. The SMILES string of the molecule is COc1ccccc1Nc1nc(Cl)c(/C=N/Nc2nc(C)cc(C)n2)s1. The third kappa shape index (κ3) is 4.47. The molecule has 3 rings (SSSR count). The van der Waals surface area contributed by atoms with Gasteiger partial charge in [-0.05, 0) is 32.0 Å². The second kappa shape index (κ2) is 8.11. The average molecular weight is 389 g/mol. The number of benzene rings is 1. The first kappa shape index (κ1) is 18.1. The number of nitrogens with zero attached hydrogens (tertiary/aromatic N) is 4. The first-order valence-electron chi connectivity index (χ1n) is 7.73. The number of aromatic nitrogens is 3. The summed E-state index contributed by atoms with van der Waals surface area (Å²) in [4.78, 5) is 13.5. The van der Waals surface area contributed by atoms with Crippen LogP contribution in [-0.2, 0) is 0 Å². The standard InChI is InChI=1S/C17H17ClN6OS/c1-10-8-11(2)21-16(20-10)24-19-9-14-15(18)23-17(26-14)22-12-6-4-5-7-13(12)25-3/h4-9H,1-3H3,(H,22,23)(H,20,21,24)/b19-9+. The first-order valence-corrected chi connectivity index (χ1v) is 8.92. The van der Waals surface area contributed by atoms with Crippen LogP contribution in [0.4, 0.5) is 16.8 Å². The van der Waals surface area contributed by atoms with Crippen molar-refractivity contribution in [2.45, 2.75) is 13.8 Å². The van der Waals surface area contributed by atoms with Gasteiger partial charge in [0, 0.05) is 11.4 Å². The monoisotopic (exact) mass is 388 g/mol. The fourth-order valence-corrected chi connectivity index (χ4v) is 3.27. The van der Waals surface area contributed by atoms with Crippen molar-refractivity contribution in [3.8, 4) is 5.75 Å². The molecule has 0 amide bonds. The minimum absolute atomic E-state index is 0.360. The largest absolute Gasteiger partial charge is 0.495 e. The van der Waals surface area contributed by atoms with Crippen LogP contribution in [0.15, 0.2) is 35.4 Å². The average Bonchev–Trinajstić information content (AvgIpc) is 2.94. The van der Waals surface area contributed by atoms with Gasteiger partial charge in [0.2, 0.25) is 5.95 Å². The van der Waals surface area contributed by atoms with Gasteiger partial charge in [-0.3, -0.25) is 0 Å². The third-order valence-corrected chi connectivity index (χ3v) is 4.59. The van der Waals surface area contributed by atoms with Crippen LogP contribution in [-0.4, -0.2) is 28.3 Å². The minimum atomic E-state index is 0.360. The molecule has 9 heteroatoms. The van der Waals surface area contributed by atoms with Gasteiger partial charge in [0.15, 0.2) is 10.3 Å². The Kier molecular flexibility index (Phi) is 5.65. The molecule has 0 aliphatic heterocycles. The van der Waals surface area contributed by atoms with E-state index in [1.165, 1.54) is 11.3 Å². The van der Waals surface area contributed by atoms with Gasteiger partial charge in [-0.15, -0.1) is 0 Å². The van der Waals surface area contributed by atoms with E-state index in [1.807, 2.05) is 44.2 Å². The van der Waals surface area contributed by atoms with Crippen molar-refractivity contribution in [1.82, 2.24) is 15.0 Å². The lowest BCUT2D eigenvalue weighted by molar-refractivity contribution is 0.417. The first-order chi connectivity index (χ1) is 12.5. The highest BCUT2D eigenvalue weighted by molar-refractivity contribution is 7.17. The number of thiazole rings is 1. The van der Waals surface area contributed by atoms with Gasteiger partial charge >= 0.3 is 0 Å². The van der Waals surface area contributed by atoms with Crippen LogP contribution >= 0.6 is 22.9 Å². The predicted octanol–water partition coefficient (Wildman–Crippen LogP) is 4.40. The fraction of sp³-hybridized carbons (Fsp3) is 0.176. The van der Waals surface area contributed by atoms with Crippen molar-refractivity contribution in [1.29, 1.82) is 0 Å². The Morgan fingerprint density at radius 3 is 2.62 bits per heavy atom. The molecule has 0 saturated heterocycles. The summed E-state index contributed by atoms with van der Waals surface area (Å²) in [7, 11) is 1.62. The van der Waals surface area contributed by atoms with E-state index in [1.54, 1.807) is 13.3 Å². The maximum absolute atomic E-state index is 6.19. The smallest absolute Gasteiger partial charge is 0.243 e. The van der Waals surface area contributed by atoms with Crippen LogP contribution in [0.1, 0.15) is 16.3 Å². The number of hydrogen-bond acceptors (Lipinski definition) is 8. The molecular formula is C17H17ClN6OS. The van der Waals surface area contributed by atoms with E-state index in [0.29, 0.717) is 21.1 Å². The molecule has 0 spiro atoms. The van der Waals surface area contributed by atoms with Crippen molar-refractivity contribution in [2.24, 2.45) is 5.10 Å². The lowest BCUT2D eigenvalue weighted by atomic mass is 10.3. The van der Waals surface area contributed by atoms with Crippen LogP contribution < -0.4 is 15.5 Å². The Morgan fingerprint density at radius 1 is 1.15 bits per heavy atom. The molecular weight excluding hydrogens is 372 g/mol. The van der Waals surface area contributed by atoms with Crippen molar-refractivity contribution in [3.05, 3.63) is 51.7 Å². The van der Waals surface area contributed by atoms with Gasteiger partial charge in [-0.25, -0.2) is 20.4 Å². The van der Waals surface area contributed by atoms with E-state index in [9.17, 15) is 0 Å². The molecule has 1 aromatic carbocycles. The van der Waals surface area contributed by atoms with Crippen molar-refractivity contribution in [3.63, 3.8) is 0 Å². The quantitative estimate of drug-likeness (QED) is 0.481. The number of ether oxygens (including phenoxy) is 1. The van der Waals surface area contributed by atoms with Gasteiger partial charge in [0.05, 0.1) is 23.9 Å². The molecule has 134 valence electrons. The Labute approximate surface area is 160 Å². The Balaban J connectivity index is 1.71. The number of aryl methyl sites for hydroxylation is 2. The summed E-state index contributed by atoms with van der Waals surface area (Å²) in [6, 6.07) is 9.48. The molecule has 0 unspecified atom stereocenters. The Morgan fingerprint density at radius 2 is 1.88 bits per heavy atom. The van der Waals surface area contributed by atoms with Crippen molar-refractivity contribution < 1.29 is 4.74 Å². The highest BCUT2D eigenvalue weighted by Crippen LogP contribution is 2.31. The maximum Gasteiger partial charge on any atom is 0.243 e. The van der Waals surface area contributed by atoms with Crippen LogP contribution in [0.3, 0.4) is 0 Å². The molecule has 2 N–H and O–H groups in total. The molecule has 0 radical (unpaired) electrons. The molecule has 3 aromatic rings.